The van der Waals surface area contributed by atoms with Crippen molar-refractivity contribution in [1.82, 2.24) is 10.6 Å². The number of rotatable bonds is 6. The van der Waals surface area contributed by atoms with Crippen LogP contribution in [-0.4, -0.2) is 23.9 Å². The molecule has 0 aliphatic heterocycles. The van der Waals surface area contributed by atoms with Crippen LogP contribution in [0.3, 0.4) is 0 Å². The molecule has 5 nitrogen and oxygen atoms in total. The van der Waals surface area contributed by atoms with E-state index in [1.54, 1.807) is 6.07 Å². The predicted octanol–water partition coefficient (Wildman–Crippen LogP) is 1.32. The summed E-state index contributed by atoms with van der Waals surface area (Å²) in [5, 5.41) is 5.23. The van der Waals surface area contributed by atoms with Gasteiger partial charge in [-0.2, -0.15) is 0 Å². The molecule has 1 aromatic rings. The maximum Gasteiger partial charge on any atom is 0.287 e. The molecule has 0 atom stereocenters. The summed E-state index contributed by atoms with van der Waals surface area (Å²) in [5.74, 6) is 2.02. The fraction of sp³-hybridized carbons (Fsp3) is 0.429. The summed E-state index contributed by atoms with van der Waals surface area (Å²) in [6, 6.07) is 3.13. The van der Waals surface area contributed by atoms with Gasteiger partial charge in [-0.15, -0.1) is 6.42 Å². The molecule has 0 bridgehead atoms. The van der Waals surface area contributed by atoms with Crippen LogP contribution in [0.2, 0.25) is 0 Å². The van der Waals surface area contributed by atoms with Gasteiger partial charge in [-0.3, -0.25) is 9.59 Å². The van der Waals surface area contributed by atoms with Crippen molar-refractivity contribution >= 4 is 11.8 Å². The molecule has 1 heterocycles. The van der Waals surface area contributed by atoms with E-state index in [4.69, 9.17) is 10.8 Å². The normalized spacial score (nSPS) is 10.6. The fourth-order valence-corrected chi connectivity index (χ4v) is 1.63. The number of hydrogen-bond donors (Lipinski definition) is 2. The Hall–Kier alpha value is -2.22. The molecule has 0 aromatic carbocycles. The third-order valence-corrected chi connectivity index (χ3v) is 3.02. The van der Waals surface area contributed by atoms with Gasteiger partial charge in [-0.1, -0.05) is 19.8 Å². The Bertz CT molecular complexity index is 467. The van der Waals surface area contributed by atoms with Gasteiger partial charge in [0.2, 0.25) is 5.91 Å². The number of furan rings is 1. The molecule has 0 saturated carbocycles. The zero-order chi connectivity index (χ0) is 14.3. The van der Waals surface area contributed by atoms with E-state index >= 15 is 0 Å². The van der Waals surface area contributed by atoms with Gasteiger partial charge in [0.25, 0.3) is 5.91 Å². The monoisotopic (exact) mass is 262 g/mol. The molecule has 0 saturated heterocycles. The van der Waals surface area contributed by atoms with E-state index in [1.165, 1.54) is 12.3 Å². The second kappa shape index (κ2) is 6.64. The molecule has 0 aliphatic carbocycles. The van der Waals surface area contributed by atoms with Crippen LogP contribution in [0.4, 0.5) is 0 Å². The maximum absolute atomic E-state index is 11.8. The summed E-state index contributed by atoms with van der Waals surface area (Å²) in [7, 11) is 0. The Kier molecular flexibility index (Phi) is 5.19. The van der Waals surface area contributed by atoms with Crippen LogP contribution >= 0.6 is 0 Å². The quantitative estimate of drug-likeness (QED) is 0.759. The second-order valence-corrected chi connectivity index (χ2v) is 4.14. The van der Waals surface area contributed by atoms with Crippen molar-refractivity contribution < 1.29 is 14.0 Å². The minimum atomic E-state index is -0.646. The van der Waals surface area contributed by atoms with E-state index in [9.17, 15) is 9.59 Å². The molecule has 0 fully saturated rings. The number of hydrogen-bond acceptors (Lipinski definition) is 3. The van der Waals surface area contributed by atoms with E-state index < -0.39 is 11.4 Å². The maximum atomic E-state index is 11.8. The van der Waals surface area contributed by atoms with Crippen molar-refractivity contribution in [3.63, 3.8) is 0 Å². The molecular formula is C14H18N2O3. The number of carbonyl (C=O) groups excluding carboxylic acids is 2. The van der Waals surface area contributed by atoms with Crippen LogP contribution in [0.25, 0.3) is 0 Å². The third-order valence-electron chi connectivity index (χ3n) is 3.02. The molecule has 0 unspecified atom stereocenters. The predicted molar refractivity (Wildman–Crippen MR) is 71.3 cm³/mol. The Balaban J connectivity index is 2.48. The van der Waals surface area contributed by atoms with Gasteiger partial charge in [0, 0.05) is 0 Å². The molecular weight excluding hydrogens is 244 g/mol. The Morgan fingerprint density at radius 1 is 1.42 bits per heavy atom. The molecule has 0 aliphatic rings. The molecule has 1 rings (SSSR count). The first kappa shape index (κ1) is 14.8. The number of amides is 2. The van der Waals surface area contributed by atoms with Crippen molar-refractivity contribution in [3.8, 4) is 12.3 Å². The first-order valence-corrected chi connectivity index (χ1v) is 6.17. The van der Waals surface area contributed by atoms with E-state index in [-0.39, 0.29) is 18.2 Å². The van der Waals surface area contributed by atoms with E-state index in [1.807, 2.05) is 13.8 Å². The second-order valence-electron chi connectivity index (χ2n) is 4.14. The first-order valence-electron chi connectivity index (χ1n) is 6.17. The lowest BCUT2D eigenvalue weighted by Gasteiger charge is -2.27. The number of terminal acetylenes is 1. The lowest BCUT2D eigenvalue weighted by atomic mass is 9.94. The molecule has 2 amide bonds. The van der Waals surface area contributed by atoms with Crippen LogP contribution in [0, 0.1) is 12.3 Å². The highest BCUT2D eigenvalue weighted by Gasteiger charge is 2.25. The molecule has 0 radical (unpaired) electrons. The third kappa shape index (κ3) is 3.88. The molecule has 5 heteroatoms. The summed E-state index contributed by atoms with van der Waals surface area (Å²) in [4.78, 5) is 23.3. The number of nitrogens with one attached hydrogen (secondary N) is 2. The van der Waals surface area contributed by atoms with Crippen molar-refractivity contribution in [2.24, 2.45) is 0 Å². The summed E-state index contributed by atoms with van der Waals surface area (Å²) >= 11 is 0. The van der Waals surface area contributed by atoms with Crippen molar-refractivity contribution in [2.75, 3.05) is 6.54 Å². The lowest BCUT2D eigenvalue weighted by Crippen LogP contribution is -2.49. The average molecular weight is 262 g/mol. The Morgan fingerprint density at radius 2 is 2.11 bits per heavy atom. The highest BCUT2D eigenvalue weighted by molar-refractivity contribution is 5.94. The van der Waals surface area contributed by atoms with Crippen LogP contribution < -0.4 is 10.6 Å². The minimum Gasteiger partial charge on any atom is -0.459 e. The summed E-state index contributed by atoms with van der Waals surface area (Å²) in [6.45, 7) is 3.68. The van der Waals surface area contributed by atoms with Gasteiger partial charge in [0.1, 0.15) is 5.54 Å². The standard InChI is InChI=1S/C14H18N2O3/c1-4-14(5-2,6-3)16-12(17)10-15-13(18)11-8-7-9-19-11/h1,7-9H,5-6,10H2,2-3H3,(H,15,18)(H,16,17). The highest BCUT2D eigenvalue weighted by atomic mass is 16.3. The SMILES string of the molecule is C#CC(CC)(CC)NC(=O)CNC(=O)c1ccco1. The van der Waals surface area contributed by atoms with Crippen molar-refractivity contribution in [3.05, 3.63) is 24.2 Å². The van der Waals surface area contributed by atoms with Gasteiger partial charge >= 0.3 is 0 Å². The lowest BCUT2D eigenvalue weighted by molar-refractivity contribution is -0.121. The smallest absolute Gasteiger partial charge is 0.287 e. The van der Waals surface area contributed by atoms with Gasteiger partial charge in [0.15, 0.2) is 5.76 Å². The molecule has 0 spiro atoms. The summed E-state index contributed by atoms with van der Waals surface area (Å²) in [6.07, 6.45) is 8.11. The van der Waals surface area contributed by atoms with Gasteiger partial charge in [-0.05, 0) is 25.0 Å². The summed E-state index contributed by atoms with van der Waals surface area (Å²) < 4.78 is 4.92. The average Bonchev–Trinajstić information content (AvgIpc) is 2.96. The van der Waals surface area contributed by atoms with Crippen molar-refractivity contribution in [2.45, 2.75) is 32.2 Å². The molecule has 1 aromatic heterocycles. The van der Waals surface area contributed by atoms with Crippen LogP contribution in [0.1, 0.15) is 37.2 Å². The number of carbonyl (C=O) groups is 2. The van der Waals surface area contributed by atoms with E-state index in [0.717, 1.165) is 0 Å². The zero-order valence-electron chi connectivity index (χ0n) is 11.2. The van der Waals surface area contributed by atoms with Crippen LogP contribution in [0.15, 0.2) is 22.8 Å². The Labute approximate surface area is 112 Å². The topological polar surface area (TPSA) is 71.3 Å². The Morgan fingerprint density at radius 3 is 2.58 bits per heavy atom. The van der Waals surface area contributed by atoms with E-state index in [0.29, 0.717) is 12.8 Å². The van der Waals surface area contributed by atoms with Crippen LogP contribution in [-0.2, 0) is 4.79 Å². The molecule has 102 valence electrons. The molecule has 2 N–H and O–H groups in total. The minimum absolute atomic E-state index is 0.136. The van der Waals surface area contributed by atoms with Crippen LogP contribution in [0.5, 0.6) is 0 Å². The fourth-order valence-electron chi connectivity index (χ4n) is 1.63. The largest absolute Gasteiger partial charge is 0.459 e. The van der Waals surface area contributed by atoms with Gasteiger partial charge < -0.3 is 15.1 Å². The first-order chi connectivity index (χ1) is 9.06. The zero-order valence-corrected chi connectivity index (χ0v) is 11.2. The summed E-state index contributed by atoms with van der Waals surface area (Å²) in [5.41, 5.74) is -0.646. The van der Waals surface area contributed by atoms with Gasteiger partial charge in [-0.25, -0.2) is 0 Å². The highest BCUT2D eigenvalue weighted by Crippen LogP contribution is 2.13. The van der Waals surface area contributed by atoms with Crippen molar-refractivity contribution in [1.29, 1.82) is 0 Å². The molecule has 19 heavy (non-hydrogen) atoms. The van der Waals surface area contributed by atoms with E-state index in [2.05, 4.69) is 16.6 Å². The van der Waals surface area contributed by atoms with Gasteiger partial charge in [0.05, 0.1) is 12.8 Å².